The Bertz CT molecular complexity index is 2210. The molecule has 2 atom stereocenters. The molecule has 3 amide bonds. The largest absolute Gasteiger partial charge is 0.492 e. The summed E-state index contributed by atoms with van der Waals surface area (Å²) in [6, 6.07) is 15.8. The van der Waals surface area contributed by atoms with Gasteiger partial charge in [-0.15, -0.1) is 0 Å². The first-order chi connectivity index (χ1) is 27.9. The monoisotopic (exact) mass is 850 g/mol. The molecule has 1 N–H and O–H groups in total. The Balaban J connectivity index is 1.02. The summed E-state index contributed by atoms with van der Waals surface area (Å²) in [5.41, 5.74) is 0.121. The highest BCUT2D eigenvalue weighted by Gasteiger charge is 2.51. The third kappa shape index (κ3) is 9.78. The fourth-order valence-electron chi connectivity index (χ4n) is 8.04. The van der Waals surface area contributed by atoms with Crippen LogP contribution in [0.25, 0.3) is 0 Å². The number of rotatable bonds is 13. The van der Waals surface area contributed by atoms with E-state index in [4.69, 9.17) is 28.6 Å². The van der Waals surface area contributed by atoms with Crippen molar-refractivity contribution in [3.63, 3.8) is 0 Å². The molecular weight excluding hydrogens is 805 g/mol. The summed E-state index contributed by atoms with van der Waals surface area (Å²) in [7, 11) is 0. The standard InChI is InChI=1S/C43H46ClF3N6O5S/c1-5-29-21-34(53-41(59)52(40(57)42(53,3)4)33-8-6-31(23-48)36(22-33)43(45,46)47)9-10-37(29)58-15-14-50-12-13-51(26(2)24-50)25-35(54)20-28-16-27(18-32(44)19-28)17-30-7-11-38(55)49-39(30)56/h6,8-10,16,18-19,21-22,26,30H,5,7,11-15,17,20,24-25H2,1-4H3,(H,49,55,56)/t26-,30?/m1/s1. The number of carbonyl (C=O) groups excluding carboxylic acids is 4. The van der Waals surface area contributed by atoms with Gasteiger partial charge in [-0.05, 0) is 117 Å². The number of nitrogens with zero attached hydrogens (tertiary/aromatic N) is 5. The van der Waals surface area contributed by atoms with E-state index < -0.39 is 28.7 Å². The van der Waals surface area contributed by atoms with Crippen molar-refractivity contribution in [3.05, 3.63) is 87.4 Å². The molecule has 0 aromatic heterocycles. The minimum atomic E-state index is -4.80. The van der Waals surface area contributed by atoms with Gasteiger partial charge in [0.2, 0.25) is 11.8 Å². The normalized spacial score (nSPS) is 20.2. The molecule has 3 aliphatic heterocycles. The van der Waals surface area contributed by atoms with E-state index in [0.29, 0.717) is 68.4 Å². The highest BCUT2D eigenvalue weighted by Crippen LogP contribution is 2.40. The molecule has 0 radical (unpaired) electrons. The number of thiocarbonyl (C=S) groups is 1. The highest BCUT2D eigenvalue weighted by molar-refractivity contribution is 7.81. The van der Waals surface area contributed by atoms with Gasteiger partial charge in [0.25, 0.3) is 5.91 Å². The number of nitrogens with one attached hydrogen (secondary N) is 1. The van der Waals surface area contributed by atoms with E-state index in [1.54, 1.807) is 43.0 Å². The predicted molar refractivity (Wildman–Crippen MR) is 221 cm³/mol. The van der Waals surface area contributed by atoms with Crippen LogP contribution in [0.2, 0.25) is 5.02 Å². The molecule has 16 heteroatoms. The summed E-state index contributed by atoms with van der Waals surface area (Å²) < 4.78 is 47.6. The maximum absolute atomic E-state index is 13.8. The number of aryl methyl sites for hydroxylation is 1. The number of piperidine rings is 1. The van der Waals surface area contributed by atoms with Gasteiger partial charge in [-0.25, -0.2) is 0 Å². The molecule has 0 saturated carbocycles. The molecule has 312 valence electrons. The molecule has 3 aliphatic rings. The molecule has 0 bridgehead atoms. The number of amides is 3. The van der Waals surface area contributed by atoms with Gasteiger partial charge in [-0.3, -0.25) is 39.2 Å². The van der Waals surface area contributed by atoms with Crippen LogP contribution in [0.5, 0.6) is 5.75 Å². The maximum Gasteiger partial charge on any atom is 0.417 e. The Morgan fingerprint density at radius 3 is 2.46 bits per heavy atom. The third-order valence-electron chi connectivity index (χ3n) is 11.2. The number of Topliss-reactive ketones (excluding diaryl/α,β-unsaturated/α-hetero) is 1. The molecule has 3 saturated heterocycles. The number of ether oxygens (including phenoxy) is 1. The van der Waals surface area contributed by atoms with Crippen LogP contribution in [0.15, 0.2) is 54.6 Å². The van der Waals surface area contributed by atoms with Crippen LogP contribution in [-0.2, 0) is 44.6 Å². The Morgan fingerprint density at radius 2 is 1.78 bits per heavy atom. The number of carbonyl (C=O) groups is 4. The number of imide groups is 1. The van der Waals surface area contributed by atoms with Gasteiger partial charge >= 0.3 is 6.18 Å². The average molecular weight is 851 g/mol. The van der Waals surface area contributed by atoms with Gasteiger partial charge in [0, 0.05) is 61.7 Å². The molecule has 3 aromatic carbocycles. The molecule has 3 aromatic rings. The van der Waals surface area contributed by atoms with Crippen molar-refractivity contribution in [3.8, 4) is 11.8 Å². The number of benzene rings is 3. The van der Waals surface area contributed by atoms with Gasteiger partial charge in [0.1, 0.15) is 17.9 Å². The maximum atomic E-state index is 13.8. The molecule has 3 fully saturated rings. The SMILES string of the molecule is CCc1cc(N2C(=S)N(c3ccc(C#N)c(C(F)(F)F)c3)C(=O)C2(C)C)ccc1OCCN1CCN(CC(=O)Cc2cc(Cl)cc(CC3CCC(=O)NC3=O)c2)[C@H](C)C1. The Labute approximate surface area is 352 Å². The molecule has 59 heavy (non-hydrogen) atoms. The minimum Gasteiger partial charge on any atom is -0.492 e. The first-order valence-electron chi connectivity index (χ1n) is 19.6. The number of halogens is 4. The molecular formula is C43H46ClF3N6O5S. The summed E-state index contributed by atoms with van der Waals surface area (Å²) in [6.07, 6.45) is -2.73. The van der Waals surface area contributed by atoms with Crippen LogP contribution < -0.4 is 19.9 Å². The number of anilines is 2. The zero-order valence-electron chi connectivity index (χ0n) is 33.3. The number of hydrogen-bond donors (Lipinski definition) is 1. The molecule has 6 rings (SSSR count). The Kier molecular flexibility index (Phi) is 13.2. The highest BCUT2D eigenvalue weighted by atomic mass is 35.5. The lowest BCUT2D eigenvalue weighted by Crippen LogP contribution is -2.53. The van der Waals surface area contributed by atoms with Crippen molar-refractivity contribution in [1.29, 1.82) is 5.26 Å². The van der Waals surface area contributed by atoms with Crippen LogP contribution in [-0.4, -0.2) is 89.3 Å². The lowest BCUT2D eigenvalue weighted by Gasteiger charge is -2.39. The summed E-state index contributed by atoms with van der Waals surface area (Å²) in [6.45, 7) is 11.0. The zero-order valence-corrected chi connectivity index (χ0v) is 34.9. The van der Waals surface area contributed by atoms with Crippen LogP contribution in [0, 0.1) is 17.2 Å². The number of hydrogen-bond acceptors (Lipinski definition) is 9. The second-order valence-corrected chi connectivity index (χ2v) is 16.6. The van der Waals surface area contributed by atoms with Crippen molar-refractivity contribution in [2.24, 2.45) is 5.92 Å². The lowest BCUT2D eigenvalue weighted by molar-refractivity contribution is -0.138. The van der Waals surface area contributed by atoms with Gasteiger partial charge in [0.15, 0.2) is 10.9 Å². The summed E-state index contributed by atoms with van der Waals surface area (Å²) in [4.78, 5) is 57.9. The fraction of sp³-hybridized carbons (Fsp3) is 0.442. The number of alkyl halides is 3. The zero-order chi connectivity index (χ0) is 42.8. The Morgan fingerprint density at radius 1 is 1.05 bits per heavy atom. The van der Waals surface area contributed by atoms with Crippen molar-refractivity contribution >= 4 is 63.8 Å². The predicted octanol–water partition coefficient (Wildman–Crippen LogP) is 6.50. The van der Waals surface area contributed by atoms with Crippen LogP contribution in [0.1, 0.15) is 68.4 Å². The van der Waals surface area contributed by atoms with Crippen LogP contribution in [0.3, 0.4) is 0 Å². The van der Waals surface area contributed by atoms with E-state index in [1.165, 1.54) is 6.07 Å². The Hall–Kier alpha value is -4.88. The number of piperazine rings is 1. The molecule has 0 aliphatic carbocycles. The summed E-state index contributed by atoms with van der Waals surface area (Å²) in [5, 5.41) is 12.1. The van der Waals surface area contributed by atoms with E-state index in [0.717, 1.165) is 46.8 Å². The van der Waals surface area contributed by atoms with Crippen LogP contribution in [0.4, 0.5) is 24.5 Å². The molecule has 3 heterocycles. The first kappa shape index (κ1) is 43.7. The van der Waals surface area contributed by atoms with Gasteiger partial charge < -0.3 is 9.64 Å². The van der Waals surface area contributed by atoms with Crippen molar-refractivity contribution in [2.75, 3.05) is 49.1 Å². The lowest BCUT2D eigenvalue weighted by atomic mass is 9.90. The topological polar surface area (TPSA) is 126 Å². The average Bonchev–Trinajstić information content (AvgIpc) is 3.34. The summed E-state index contributed by atoms with van der Waals surface area (Å²) in [5.74, 6) is -0.614. The number of nitriles is 1. The van der Waals surface area contributed by atoms with E-state index in [9.17, 15) is 37.6 Å². The summed E-state index contributed by atoms with van der Waals surface area (Å²) >= 11 is 12.1. The smallest absolute Gasteiger partial charge is 0.417 e. The number of ketones is 1. The van der Waals surface area contributed by atoms with E-state index in [2.05, 4.69) is 22.0 Å². The third-order valence-corrected chi connectivity index (χ3v) is 11.8. The van der Waals surface area contributed by atoms with Crippen molar-refractivity contribution in [2.45, 2.75) is 77.6 Å². The van der Waals surface area contributed by atoms with Crippen molar-refractivity contribution < 1.29 is 37.1 Å². The second kappa shape index (κ2) is 17.8. The molecule has 1 unspecified atom stereocenters. The first-order valence-corrected chi connectivity index (χ1v) is 20.3. The molecule has 0 spiro atoms. The van der Waals surface area contributed by atoms with Gasteiger partial charge in [-0.2, -0.15) is 18.4 Å². The van der Waals surface area contributed by atoms with E-state index in [1.807, 2.05) is 25.1 Å². The van der Waals surface area contributed by atoms with E-state index >= 15 is 0 Å². The fourth-order valence-corrected chi connectivity index (χ4v) is 8.84. The molecule has 11 nitrogen and oxygen atoms in total. The second-order valence-electron chi connectivity index (χ2n) is 15.8. The van der Waals surface area contributed by atoms with Crippen molar-refractivity contribution in [1.82, 2.24) is 15.1 Å². The van der Waals surface area contributed by atoms with E-state index in [-0.39, 0.29) is 46.8 Å². The van der Waals surface area contributed by atoms with Gasteiger partial charge in [0.05, 0.1) is 29.4 Å². The van der Waals surface area contributed by atoms with Crippen LogP contribution >= 0.6 is 23.8 Å². The van der Waals surface area contributed by atoms with Gasteiger partial charge in [-0.1, -0.05) is 24.6 Å². The quantitative estimate of drug-likeness (QED) is 0.151. The minimum absolute atomic E-state index is 0.0177.